The first-order valence-electron chi connectivity index (χ1n) is 10.4. The molecule has 1 aromatic carbocycles. The Balaban J connectivity index is 1.85. The van der Waals surface area contributed by atoms with Crippen LogP contribution in [0, 0.1) is 0 Å². The molecular weight excluding hydrogens is 396 g/mol. The Hall–Kier alpha value is -3.42. The molecule has 3 aromatic rings. The SMILES string of the molecule is CC(C)(C)OC(=O)N1CCCCC1c1cc(-c2ccccc2)nc2cc(C(=O)O)nn12. The van der Waals surface area contributed by atoms with Gasteiger partial charge in [-0.05, 0) is 46.1 Å². The third kappa shape index (κ3) is 4.38. The van der Waals surface area contributed by atoms with Crippen molar-refractivity contribution in [2.75, 3.05) is 6.54 Å². The highest BCUT2D eigenvalue weighted by Gasteiger charge is 2.33. The number of ether oxygens (including phenoxy) is 1. The number of likely N-dealkylation sites (tertiary alicyclic amines) is 1. The number of fused-ring (bicyclic) bond motifs is 1. The lowest BCUT2D eigenvalue weighted by molar-refractivity contribution is 0.00872. The zero-order valence-corrected chi connectivity index (χ0v) is 17.9. The summed E-state index contributed by atoms with van der Waals surface area (Å²) in [7, 11) is 0. The van der Waals surface area contributed by atoms with Gasteiger partial charge in [-0.15, -0.1) is 0 Å². The quantitative estimate of drug-likeness (QED) is 0.665. The number of carbonyl (C=O) groups excluding carboxylic acids is 1. The van der Waals surface area contributed by atoms with Crippen molar-refractivity contribution in [3.63, 3.8) is 0 Å². The summed E-state index contributed by atoms with van der Waals surface area (Å²) in [5.74, 6) is -1.12. The average molecular weight is 422 g/mol. The van der Waals surface area contributed by atoms with E-state index in [9.17, 15) is 14.7 Å². The molecule has 162 valence electrons. The van der Waals surface area contributed by atoms with Crippen LogP contribution in [0.1, 0.15) is 62.3 Å². The van der Waals surface area contributed by atoms with E-state index in [2.05, 4.69) is 10.1 Å². The fourth-order valence-electron chi connectivity index (χ4n) is 3.87. The second-order valence-electron chi connectivity index (χ2n) is 8.72. The van der Waals surface area contributed by atoms with Gasteiger partial charge in [0.15, 0.2) is 11.3 Å². The predicted octanol–water partition coefficient (Wildman–Crippen LogP) is 4.56. The fourth-order valence-corrected chi connectivity index (χ4v) is 3.87. The monoisotopic (exact) mass is 422 g/mol. The molecule has 1 aliphatic heterocycles. The number of carbonyl (C=O) groups is 2. The summed E-state index contributed by atoms with van der Waals surface area (Å²) in [6.45, 7) is 6.09. The molecule has 0 radical (unpaired) electrons. The molecule has 31 heavy (non-hydrogen) atoms. The highest BCUT2D eigenvalue weighted by molar-refractivity contribution is 5.86. The van der Waals surface area contributed by atoms with Gasteiger partial charge in [0.25, 0.3) is 0 Å². The maximum atomic E-state index is 13.0. The van der Waals surface area contributed by atoms with Gasteiger partial charge in [0.2, 0.25) is 0 Å². The Morgan fingerprint density at radius 3 is 2.55 bits per heavy atom. The molecule has 0 saturated carbocycles. The lowest BCUT2D eigenvalue weighted by atomic mass is 9.98. The molecule has 1 N–H and O–H groups in total. The van der Waals surface area contributed by atoms with E-state index in [0.717, 1.165) is 30.5 Å². The van der Waals surface area contributed by atoms with E-state index in [-0.39, 0.29) is 17.8 Å². The minimum atomic E-state index is -1.12. The zero-order valence-electron chi connectivity index (χ0n) is 17.9. The summed E-state index contributed by atoms with van der Waals surface area (Å²) < 4.78 is 7.19. The number of carboxylic acids is 1. The van der Waals surface area contributed by atoms with E-state index < -0.39 is 11.6 Å². The first kappa shape index (κ1) is 20.8. The van der Waals surface area contributed by atoms with Crippen LogP contribution in [0.25, 0.3) is 16.9 Å². The summed E-state index contributed by atoms with van der Waals surface area (Å²) >= 11 is 0. The summed E-state index contributed by atoms with van der Waals surface area (Å²) in [5.41, 5.74) is 2.08. The first-order chi connectivity index (χ1) is 14.7. The standard InChI is InChI=1S/C23H26N4O4/c1-23(2,3)31-22(30)26-12-8-7-11-18(26)19-13-16(15-9-5-4-6-10-15)24-20-14-17(21(28)29)25-27(19)20/h4-6,9-10,13-14,18H,7-8,11-12H2,1-3H3,(H,28,29). The largest absolute Gasteiger partial charge is 0.476 e. The van der Waals surface area contributed by atoms with E-state index in [4.69, 9.17) is 4.74 Å². The third-order valence-corrected chi connectivity index (χ3v) is 5.22. The molecule has 8 nitrogen and oxygen atoms in total. The van der Waals surface area contributed by atoms with E-state index >= 15 is 0 Å². The van der Waals surface area contributed by atoms with Crippen LogP contribution < -0.4 is 0 Å². The van der Waals surface area contributed by atoms with Gasteiger partial charge in [-0.25, -0.2) is 19.1 Å². The number of carboxylic acid groups (broad SMARTS) is 1. The minimum absolute atomic E-state index is 0.0846. The van der Waals surface area contributed by atoms with Gasteiger partial charge >= 0.3 is 12.1 Å². The Bertz CT molecular complexity index is 1120. The van der Waals surface area contributed by atoms with Crippen LogP contribution in [0.5, 0.6) is 0 Å². The molecule has 1 saturated heterocycles. The smallest absolute Gasteiger partial charge is 0.410 e. The zero-order chi connectivity index (χ0) is 22.2. The number of piperidine rings is 1. The molecule has 1 amide bonds. The highest BCUT2D eigenvalue weighted by Crippen LogP contribution is 2.34. The van der Waals surface area contributed by atoms with Crippen LogP contribution in [0.4, 0.5) is 4.79 Å². The molecule has 0 aliphatic carbocycles. The van der Waals surface area contributed by atoms with Crippen molar-refractivity contribution in [2.45, 2.75) is 51.7 Å². The predicted molar refractivity (Wildman–Crippen MR) is 115 cm³/mol. The van der Waals surface area contributed by atoms with Gasteiger partial charge in [-0.3, -0.25) is 4.90 Å². The number of hydrogen-bond acceptors (Lipinski definition) is 5. The number of hydrogen-bond donors (Lipinski definition) is 1. The van der Waals surface area contributed by atoms with Gasteiger partial charge in [0.05, 0.1) is 17.4 Å². The maximum absolute atomic E-state index is 13.0. The normalized spacial score (nSPS) is 17.0. The van der Waals surface area contributed by atoms with Gasteiger partial charge < -0.3 is 9.84 Å². The number of benzene rings is 1. The molecule has 0 bridgehead atoms. The van der Waals surface area contributed by atoms with Crippen molar-refractivity contribution in [3.8, 4) is 11.3 Å². The van der Waals surface area contributed by atoms with Crippen molar-refractivity contribution in [1.82, 2.24) is 19.5 Å². The highest BCUT2D eigenvalue weighted by atomic mass is 16.6. The molecule has 2 aromatic heterocycles. The molecule has 3 heterocycles. The molecule has 1 atom stereocenters. The molecule has 8 heteroatoms. The van der Waals surface area contributed by atoms with E-state index in [1.165, 1.54) is 6.07 Å². The second-order valence-corrected chi connectivity index (χ2v) is 8.72. The van der Waals surface area contributed by atoms with Gasteiger partial charge in [0.1, 0.15) is 5.60 Å². The Labute approximate surface area is 180 Å². The van der Waals surface area contributed by atoms with Crippen LogP contribution in [-0.2, 0) is 4.74 Å². The van der Waals surface area contributed by atoms with Crippen LogP contribution >= 0.6 is 0 Å². The van der Waals surface area contributed by atoms with Crippen molar-refractivity contribution in [1.29, 1.82) is 0 Å². The Morgan fingerprint density at radius 2 is 1.87 bits per heavy atom. The number of amides is 1. The lowest BCUT2D eigenvalue weighted by Gasteiger charge is -2.37. The molecule has 0 spiro atoms. The van der Waals surface area contributed by atoms with Gasteiger partial charge in [0, 0.05) is 18.2 Å². The molecular formula is C23H26N4O4. The van der Waals surface area contributed by atoms with Gasteiger partial charge in [-0.1, -0.05) is 30.3 Å². The van der Waals surface area contributed by atoms with Crippen LogP contribution in [0.2, 0.25) is 0 Å². The summed E-state index contributed by atoms with van der Waals surface area (Å²) in [5, 5.41) is 13.7. The topological polar surface area (TPSA) is 97.0 Å². The van der Waals surface area contributed by atoms with Crippen molar-refractivity contribution in [3.05, 3.63) is 53.9 Å². The van der Waals surface area contributed by atoms with Crippen molar-refractivity contribution < 1.29 is 19.4 Å². The molecule has 1 aliphatic rings. The van der Waals surface area contributed by atoms with Crippen LogP contribution in [0.3, 0.4) is 0 Å². The minimum Gasteiger partial charge on any atom is -0.476 e. The Morgan fingerprint density at radius 1 is 1.13 bits per heavy atom. The number of rotatable bonds is 3. The summed E-state index contributed by atoms with van der Waals surface area (Å²) in [4.78, 5) is 30.9. The van der Waals surface area contributed by atoms with Crippen molar-refractivity contribution in [2.24, 2.45) is 0 Å². The summed E-state index contributed by atoms with van der Waals surface area (Å²) in [6, 6.07) is 12.7. The number of aromatic nitrogens is 3. The molecule has 1 fully saturated rings. The van der Waals surface area contributed by atoms with Crippen molar-refractivity contribution >= 4 is 17.7 Å². The fraction of sp³-hybridized carbons (Fsp3) is 0.391. The number of aromatic carboxylic acids is 1. The molecule has 1 unspecified atom stereocenters. The van der Waals surface area contributed by atoms with Crippen LogP contribution in [-0.4, -0.2) is 48.8 Å². The van der Waals surface area contributed by atoms with E-state index in [1.807, 2.05) is 57.2 Å². The number of nitrogens with zero attached hydrogens (tertiary/aromatic N) is 4. The molecule has 4 rings (SSSR count). The Kier molecular flexibility index (Phi) is 5.39. The van der Waals surface area contributed by atoms with Gasteiger partial charge in [-0.2, -0.15) is 5.10 Å². The maximum Gasteiger partial charge on any atom is 0.410 e. The average Bonchev–Trinajstić information content (AvgIpc) is 3.17. The lowest BCUT2D eigenvalue weighted by Crippen LogP contribution is -2.42. The van der Waals surface area contributed by atoms with E-state index in [1.54, 1.807) is 9.42 Å². The third-order valence-electron chi connectivity index (χ3n) is 5.22. The van der Waals surface area contributed by atoms with E-state index in [0.29, 0.717) is 17.9 Å². The summed E-state index contributed by atoms with van der Waals surface area (Å²) in [6.07, 6.45) is 2.18. The second kappa shape index (κ2) is 8.02. The first-order valence-corrected chi connectivity index (χ1v) is 10.4. The van der Waals surface area contributed by atoms with Crippen LogP contribution in [0.15, 0.2) is 42.5 Å².